The number of nitrogens with zero attached hydrogens (tertiary/aromatic N) is 6. The predicted molar refractivity (Wildman–Crippen MR) is 84.4 cm³/mol. The van der Waals surface area contributed by atoms with Crippen molar-refractivity contribution in [2.45, 2.75) is 51.6 Å². The zero-order chi connectivity index (χ0) is 14.9. The van der Waals surface area contributed by atoms with Gasteiger partial charge in [-0.25, -0.2) is 4.68 Å². The Labute approximate surface area is 132 Å². The van der Waals surface area contributed by atoms with Gasteiger partial charge in [0.15, 0.2) is 0 Å². The van der Waals surface area contributed by atoms with Crippen molar-refractivity contribution in [3.8, 4) is 0 Å². The zero-order valence-corrected chi connectivity index (χ0v) is 13.7. The predicted octanol–water partition coefficient (Wildman–Crippen LogP) is 1.18. The minimum Gasteiger partial charge on any atom is -0.301 e. The van der Waals surface area contributed by atoms with E-state index >= 15 is 0 Å². The highest BCUT2D eigenvalue weighted by Gasteiger charge is 2.36. The first-order chi connectivity index (χ1) is 10.8. The monoisotopic (exact) mass is 304 g/mol. The maximum Gasteiger partial charge on any atom is 0.148 e. The molecule has 1 aromatic heterocycles. The van der Waals surface area contributed by atoms with Crippen LogP contribution in [0.15, 0.2) is 0 Å². The second kappa shape index (κ2) is 6.24. The SMILES string of the molecule is Cc1nnnn1CCCN1C[C@@H]2CC[C@H](C1)N(CC1CC1)C2. The minimum absolute atomic E-state index is 0.814. The molecule has 22 heavy (non-hydrogen) atoms. The summed E-state index contributed by atoms with van der Waals surface area (Å²) < 4.78 is 1.92. The molecule has 2 bridgehead atoms. The van der Waals surface area contributed by atoms with Gasteiger partial charge in [0.25, 0.3) is 0 Å². The number of hydrogen-bond acceptors (Lipinski definition) is 5. The number of piperidine rings is 1. The van der Waals surface area contributed by atoms with Crippen LogP contribution in [0.1, 0.15) is 37.9 Å². The highest BCUT2D eigenvalue weighted by Crippen LogP contribution is 2.34. The molecule has 6 heteroatoms. The molecule has 1 aromatic rings. The van der Waals surface area contributed by atoms with Gasteiger partial charge in [-0.1, -0.05) is 0 Å². The summed E-state index contributed by atoms with van der Waals surface area (Å²) in [5.41, 5.74) is 0. The van der Waals surface area contributed by atoms with Gasteiger partial charge in [-0.15, -0.1) is 5.10 Å². The first-order valence-corrected chi connectivity index (χ1v) is 8.97. The average molecular weight is 304 g/mol. The van der Waals surface area contributed by atoms with Gasteiger partial charge in [0.05, 0.1) is 0 Å². The van der Waals surface area contributed by atoms with Crippen LogP contribution in [0.3, 0.4) is 0 Å². The molecule has 5 rings (SSSR count). The number of aryl methyl sites for hydroxylation is 2. The molecule has 0 unspecified atom stereocenters. The van der Waals surface area contributed by atoms with Gasteiger partial charge in [-0.3, -0.25) is 4.90 Å². The summed E-state index contributed by atoms with van der Waals surface area (Å²) in [6.07, 6.45) is 6.95. The molecule has 3 aliphatic heterocycles. The molecule has 4 heterocycles. The molecule has 0 N–H and O–H groups in total. The molecule has 0 spiro atoms. The Morgan fingerprint density at radius 3 is 2.73 bits per heavy atom. The molecule has 1 saturated carbocycles. The molecule has 0 radical (unpaired) electrons. The van der Waals surface area contributed by atoms with Crippen molar-refractivity contribution in [3.63, 3.8) is 0 Å². The molecular weight excluding hydrogens is 276 g/mol. The van der Waals surface area contributed by atoms with Crippen LogP contribution in [-0.4, -0.2) is 68.8 Å². The molecule has 1 aliphatic carbocycles. The molecule has 0 aromatic carbocycles. The molecular formula is C16H28N6. The fourth-order valence-electron chi connectivity index (χ4n) is 4.21. The van der Waals surface area contributed by atoms with Crippen molar-refractivity contribution in [1.82, 2.24) is 30.0 Å². The van der Waals surface area contributed by atoms with E-state index in [4.69, 9.17) is 0 Å². The van der Waals surface area contributed by atoms with E-state index in [1.54, 1.807) is 0 Å². The largest absolute Gasteiger partial charge is 0.301 e. The van der Waals surface area contributed by atoms with Crippen LogP contribution in [0.4, 0.5) is 0 Å². The van der Waals surface area contributed by atoms with Crippen LogP contribution in [0.5, 0.6) is 0 Å². The first kappa shape index (κ1) is 14.6. The van der Waals surface area contributed by atoms with E-state index in [1.165, 1.54) is 58.4 Å². The smallest absolute Gasteiger partial charge is 0.148 e. The first-order valence-electron chi connectivity index (χ1n) is 8.97. The van der Waals surface area contributed by atoms with Gasteiger partial charge in [-0.05, 0) is 67.8 Å². The Morgan fingerprint density at radius 1 is 1.05 bits per heavy atom. The normalized spacial score (nSPS) is 29.9. The Balaban J connectivity index is 1.29. The van der Waals surface area contributed by atoms with Crippen LogP contribution in [0.2, 0.25) is 0 Å². The number of hydrogen-bond donors (Lipinski definition) is 0. The van der Waals surface area contributed by atoms with Crippen molar-refractivity contribution in [3.05, 3.63) is 5.82 Å². The van der Waals surface area contributed by atoms with E-state index in [0.717, 1.165) is 36.7 Å². The zero-order valence-electron chi connectivity index (χ0n) is 13.7. The Kier molecular flexibility index (Phi) is 4.13. The van der Waals surface area contributed by atoms with E-state index in [9.17, 15) is 0 Å². The Bertz CT molecular complexity index is 497. The molecule has 3 saturated heterocycles. The second-order valence-electron chi connectivity index (χ2n) is 7.56. The van der Waals surface area contributed by atoms with Gasteiger partial charge in [0.2, 0.25) is 0 Å². The van der Waals surface area contributed by atoms with Gasteiger partial charge in [0, 0.05) is 38.8 Å². The fourth-order valence-corrected chi connectivity index (χ4v) is 4.21. The third kappa shape index (κ3) is 3.33. The molecule has 2 atom stereocenters. The van der Waals surface area contributed by atoms with E-state index < -0.39 is 0 Å². The summed E-state index contributed by atoms with van der Waals surface area (Å²) in [5.74, 6) is 2.84. The van der Waals surface area contributed by atoms with Gasteiger partial charge in [-0.2, -0.15) is 0 Å². The maximum atomic E-state index is 4.04. The lowest BCUT2D eigenvalue weighted by Crippen LogP contribution is -2.44. The van der Waals surface area contributed by atoms with Gasteiger partial charge >= 0.3 is 0 Å². The highest BCUT2D eigenvalue weighted by molar-refractivity contribution is 4.92. The number of tetrazole rings is 1. The second-order valence-corrected chi connectivity index (χ2v) is 7.56. The van der Waals surface area contributed by atoms with E-state index in [1.807, 2.05) is 11.6 Å². The van der Waals surface area contributed by atoms with E-state index in [-0.39, 0.29) is 0 Å². The number of fused-ring (bicyclic) bond motifs is 4. The van der Waals surface area contributed by atoms with Gasteiger partial charge < -0.3 is 4.90 Å². The van der Waals surface area contributed by atoms with Crippen LogP contribution in [-0.2, 0) is 6.54 Å². The third-order valence-corrected chi connectivity index (χ3v) is 5.65. The van der Waals surface area contributed by atoms with Crippen molar-refractivity contribution in [1.29, 1.82) is 0 Å². The average Bonchev–Trinajstić information content (AvgIpc) is 3.28. The fraction of sp³-hybridized carbons (Fsp3) is 0.938. The maximum absolute atomic E-state index is 4.04. The summed E-state index contributed by atoms with van der Waals surface area (Å²) in [6, 6.07) is 0.814. The van der Waals surface area contributed by atoms with Crippen LogP contribution in [0, 0.1) is 18.8 Å². The summed E-state index contributed by atoms with van der Waals surface area (Å²) in [6.45, 7) is 9.40. The van der Waals surface area contributed by atoms with Crippen molar-refractivity contribution in [2.75, 3.05) is 32.7 Å². The van der Waals surface area contributed by atoms with Crippen molar-refractivity contribution in [2.24, 2.45) is 11.8 Å². The van der Waals surface area contributed by atoms with E-state index in [0.29, 0.717) is 0 Å². The van der Waals surface area contributed by atoms with Crippen LogP contribution in [0.25, 0.3) is 0 Å². The lowest BCUT2D eigenvalue weighted by Gasteiger charge is -2.36. The Hall–Kier alpha value is -1.01. The molecule has 4 aliphatic rings. The highest BCUT2D eigenvalue weighted by atomic mass is 15.5. The number of aromatic nitrogens is 4. The Morgan fingerprint density at radius 2 is 1.95 bits per heavy atom. The van der Waals surface area contributed by atoms with Crippen LogP contribution < -0.4 is 0 Å². The summed E-state index contributed by atoms with van der Waals surface area (Å²) in [4.78, 5) is 5.52. The topological polar surface area (TPSA) is 50.1 Å². The molecule has 122 valence electrons. The van der Waals surface area contributed by atoms with Crippen molar-refractivity contribution < 1.29 is 0 Å². The van der Waals surface area contributed by atoms with E-state index in [2.05, 4.69) is 25.3 Å². The lowest BCUT2D eigenvalue weighted by atomic mass is 9.95. The quantitative estimate of drug-likeness (QED) is 0.790. The standard InChI is InChI=1S/C16H28N6/c1-13-17-18-19-22(13)8-2-7-20-9-15-5-6-16(12-20)21(11-15)10-14-3-4-14/h14-16H,2-12H2,1H3/t15-,16+/m0/s1. The van der Waals surface area contributed by atoms with Gasteiger partial charge in [0.1, 0.15) is 5.82 Å². The third-order valence-electron chi connectivity index (χ3n) is 5.65. The van der Waals surface area contributed by atoms with Crippen molar-refractivity contribution >= 4 is 0 Å². The lowest BCUT2D eigenvalue weighted by molar-refractivity contribution is 0.125. The number of rotatable bonds is 6. The molecule has 0 amide bonds. The molecule has 6 nitrogen and oxygen atoms in total. The molecule has 4 fully saturated rings. The summed E-state index contributed by atoms with van der Waals surface area (Å²) >= 11 is 0. The minimum atomic E-state index is 0.814. The summed E-state index contributed by atoms with van der Waals surface area (Å²) in [7, 11) is 0. The summed E-state index contributed by atoms with van der Waals surface area (Å²) in [5, 5.41) is 11.7. The van der Waals surface area contributed by atoms with Crippen LogP contribution >= 0.6 is 0 Å².